The largest absolute Gasteiger partial charge is 0.356 e. The summed E-state index contributed by atoms with van der Waals surface area (Å²) in [6.07, 6.45) is 12.4. The topological polar surface area (TPSA) is 44.3 Å². The van der Waals surface area contributed by atoms with Crippen molar-refractivity contribution < 1.29 is 0 Å². The minimum atomic E-state index is 0.476. The van der Waals surface area contributed by atoms with Crippen LogP contribution >= 0.6 is 0 Å². The van der Waals surface area contributed by atoms with Crippen LogP contribution in [0.3, 0.4) is 0 Å². The van der Waals surface area contributed by atoms with Gasteiger partial charge in [0.1, 0.15) is 5.82 Å². The van der Waals surface area contributed by atoms with Crippen LogP contribution in [0.2, 0.25) is 0 Å². The summed E-state index contributed by atoms with van der Waals surface area (Å²) < 4.78 is 0. The molecule has 3 atom stereocenters. The second kappa shape index (κ2) is 8.76. The van der Waals surface area contributed by atoms with E-state index in [1.165, 1.54) is 57.9 Å². The van der Waals surface area contributed by atoms with Gasteiger partial charge in [-0.15, -0.1) is 0 Å². The lowest BCUT2D eigenvalue weighted by atomic mass is 10.0. The van der Waals surface area contributed by atoms with Gasteiger partial charge in [-0.1, -0.05) is 26.7 Å². The van der Waals surface area contributed by atoms with Crippen molar-refractivity contribution in [1.29, 1.82) is 0 Å². The first-order chi connectivity index (χ1) is 13.2. The molecule has 1 aromatic rings. The molecule has 2 saturated heterocycles. The first-order valence-electron chi connectivity index (χ1n) is 11.3. The summed E-state index contributed by atoms with van der Waals surface area (Å²) in [6, 6.07) is 3.33. The van der Waals surface area contributed by atoms with Gasteiger partial charge >= 0.3 is 0 Å². The molecule has 0 radical (unpaired) electrons. The molecule has 0 amide bonds. The van der Waals surface area contributed by atoms with Gasteiger partial charge < -0.3 is 10.2 Å². The number of hydrogen-bond acceptors (Lipinski definition) is 5. The Hall–Kier alpha value is -1.36. The lowest BCUT2D eigenvalue weighted by Gasteiger charge is -2.37. The maximum atomic E-state index is 4.86. The standard InChI is InChI=1S/C22H37N5/c1-17-14-20(15-18(17)2)27-13-7-8-19(16-27)24-22-23-10-9-21(25-22)26-11-5-3-4-6-12-26/h9-10,17-20H,3-8,11-16H2,1-2H3,(H,23,24,25)/t17?,18?,19-,20?/m0/s1. The lowest BCUT2D eigenvalue weighted by molar-refractivity contribution is 0.152. The Kier molecular flexibility index (Phi) is 6.16. The summed E-state index contributed by atoms with van der Waals surface area (Å²) in [5.41, 5.74) is 0. The quantitative estimate of drug-likeness (QED) is 0.861. The Morgan fingerprint density at radius 2 is 1.70 bits per heavy atom. The number of anilines is 2. The van der Waals surface area contributed by atoms with E-state index in [9.17, 15) is 0 Å². The van der Waals surface area contributed by atoms with Crippen LogP contribution in [0.25, 0.3) is 0 Å². The van der Waals surface area contributed by atoms with E-state index in [4.69, 9.17) is 4.98 Å². The number of nitrogens with zero attached hydrogens (tertiary/aromatic N) is 4. The van der Waals surface area contributed by atoms with Crippen LogP contribution in [0.4, 0.5) is 11.8 Å². The molecular formula is C22H37N5. The first-order valence-corrected chi connectivity index (χ1v) is 11.3. The van der Waals surface area contributed by atoms with Gasteiger partial charge in [-0.25, -0.2) is 4.98 Å². The summed E-state index contributed by atoms with van der Waals surface area (Å²) in [7, 11) is 0. The normalized spacial score (nSPS) is 33.0. The third kappa shape index (κ3) is 4.74. The van der Waals surface area contributed by atoms with Crippen LogP contribution in [0.15, 0.2) is 12.3 Å². The van der Waals surface area contributed by atoms with E-state index in [1.54, 1.807) is 0 Å². The molecule has 2 unspecified atom stereocenters. The highest BCUT2D eigenvalue weighted by molar-refractivity contribution is 5.43. The zero-order chi connectivity index (χ0) is 18.6. The van der Waals surface area contributed by atoms with E-state index in [-0.39, 0.29) is 0 Å². The van der Waals surface area contributed by atoms with Gasteiger partial charge in [0.15, 0.2) is 0 Å². The lowest BCUT2D eigenvalue weighted by Crippen LogP contribution is -2.46. The number of likely N-dealkylation sites (tertiary alicyclic amines) is 1. The highest BCUT2D eigenvalue weighted by Crippen LogP contribution is 2.35. The average Bonchev–Trinajstić information content (AvgIpc) is 2.88. The molecule has 5 nitrogen and oxygen atoms in total. The zero-order valence-corrected chi connectivity index (χ0v) is 17.2. The van der Waals surface area contributed by atoms with Crippen molar-refractivity contribution in [1.82, 2.24) is 14.9 Å². The van der Waals surface area contributed by atoms with Crippen molar-refractivity contribution >= 4 is 11.8 Å². The molecular weight excluding hydrogens is 334 g/mol. The van der Waals surface area contributed by atoms with Crippen LogP contribution in [-0.4, -0.2) is 53.1 Å². The van der Waals surface area contributed by atoms with E-state index in [2.05, 4.69) is 40.0 Å². The molecule has 2 aliphatic heterocycles. The molecule has 0 bridgehead atoms. The minimum absolute atomic E-state index is 0.476. The third-order valence-corrected chi connectivity index (χ3v) is 7.13. The van der Waals surface area contributed by atoms with E-state index in [1.807, 2.05) is 6.20 Å². The van der Waals surface area contributed by atoms with E-state index in [0.717, 1.165) is 49.3 Å². The Morgan fingerprint density at radius 1 is 0.963 bits per heavy atom. The van der Waals surface area contributed by atoms with Crippen molar-refractivity contribution in [3.8, 4) is 0 Å². The number of nitrogens with one attached hydrogen (secondary N) is 1. The van der Waals surface area contributed by atoms with Crippen molar-refractivity contribution in [2.24, 2.45) is 11.8 Å². The molecule has 4 rings (SSSR count). The summed E-state index contributed by atoms with van der Waals surface area (Å²) in [6.45, 7) is 9.51. The predicted molar refractivity (Wildman–Crippen MR) is 112 cm³/mol. The van der Waals surface area contributed by atoms with Gasteiger partial charge in [-0.3, -0.25) is 4.90 Å². The number of piperidine rings is 1. The van der Waals surface area contributed by atoms with E-state index in [0.29, 0.717) is 6.04 Å². The van der Waals surface area contributed by atoms with Crippen LogP contribution in [-0.2, 0) is 0 Å². The molecule has 0 spiro atoms. The van der Waals surface area contributed by atoms with Gasteiger partial charge in [0.25, 0.3) is 0 Å². The highest BCUT2D eigenvalue weighted by atomic mass is 15.3. The van der Waals surface area contributed by atoms with E-state index >= 15 is 0 Å². The van der Waals surface area contributed by atoms with E-state index < -0.39 is 0 Å². The van der Waals surface area contributed by atoms with Crippen molar-refractivity contribution in [3.05, 3.63) is 12.3 Å². The van der Waals surface area contributed by atoms with Crippen molar-refractivity contribution in [2.45, 2.75) is 77.3 Å². The molecule has 1 aromatic heterocycles. The summed E-state index contributed by atoms with van der Waals surface area (Å²) in [5, 5.41) is 3.66. The van der Waals surface area contributed by atoms with Gasteiger partial charge in [0, 0.05) is 37.9 Å². The molecule has 1 saturated carbocycles. The van der Waals surface area contributed by atoms with Crippen LogP contribution < -0.4 is 10.2 Å². The fraction of sp³-hybridized carbons (Fsp3) is 0.818. The van der Waals surface area contributed by atoms with Gasteiger partial charge in [0.2, 0.25) is 5.95 Å². The van der Waals surface area contributed by atoms with Crippen molar-refractivity contribution in [2.75, 3.05) is 36.4 Å². The molecule has 5 heteroatoms. The molecule has 27 heavy (non-hydrogen) atoms. The monoisotopic (exact) mass is 371 g/mol. The molecule has 150 valence electrons. The van der Waals surface area contributed by atoms with Crippen LogP contribution in [0.1, 0.15) is 65.2 Å². The third-order valence-electron chi connectivity index (χ3n) is 7.13. The predicted octanol–water partition coefficient (Wildman–Crippen LogP) is 4.17. The minimum Gasteiger partial charge on any atom is -0.356 e. The summed E-state index contributed by atoms with van der Waals surface area (Å²) in [5.74, 6) is 3.66. The van der Waals surface area contributed by atoms with Crippen molar-refractivity contribution in [3.63, 3.8) is 0 Å². The maximum absolute atomic E-state index is 4.86. The summed E-state index contributed by atoms with van der Waals surface area (Å²) >= 11 is 0. The Morgan fingerprint density at radius 3 is 2.44 bits per heavy atom. The molecule has 3 aliphatic rings. The zero-order valence-electron chi connectivity index (χ0n) is 17.2. The Balaban J connectivity index is 1.36. The first kappa shape index (κ1) is 19.0. The molecule has 3 fully saturated rings. The highest BCUT2D eigenvalue weighted by Gasteiger charge is 2.34. The van der Waals surface area contributed by atoms with Gasteiger partial charge in [-0.2, -0.15) is 4.98 Å². The number of rotatable bonds is 4. The number of aromatic nitrogens is 2. The molecule has 3 heterocycles. The molecule has 1 N–H and O–H groups in total. The van der Waals surface area contributed by atoms with Gasteiger partial charge in [0.05, 0.1) is 0 Å². The summed E-state index contributed by atoms with van der Waals surface area (Å²) in [4.78, 5) is 14.6. The van der Waals surface area contributed by atoms with Gasteiger partial charge in [-0.05, 0) is 63.0 Å². The Labute approximate surface area is 164 Å². The molecule has 0 aromatic carbocycles. The van der Waals surface area contributed by atoms with Crippen LogP contribution in [0.5, 0.6) is 0 Å². The Bertz CT molecular complexity index is 588. The second-order valence-corrected chi connectivity index (χ2v) is 9.20. The average molecular weight is 372 g/mol. The smallest absolute Gasteiger partial charge is 0.224 e. The molecule has 1 aliphatic carbocycles. The fourth-order valence-electron chi connectivity index (χ4n) is 5.25. The second-order valence-electron chi connectivity index (χ2n) is 9.20. The fourth-order valence-corrected chi connectivity index (χ4v) is 5.25. The SMILES string of the molecule is CC1CC(N2CCC[C@H](Nc3nccc(N4CCCCCC4)n3)C2)CC1C. The van der Waals surface area contributed by atoms with Crippen LogP contribution in [0, 0.1) is 11.8 Å². The number of hydrogen-bond donors (Lipinski definition) is 1. The maximum Gasteiger partial charge on any atom is 0.224 e.